The first-order valence-electron chi connectivity index (χ1n) is 6.29. The molecule has 0 aliphatic heterocycles. The molecule has 1 aliphatic carbocycles. The maximum atomic E-state index is 13.3. The normalized spacial score (nSPS) is 14.3. The zero-order valence-electron chi connectivity index (χ0n) is 10.8. The quantitative estimate of drug-likeness (QED) is 0.935. The average Bonchev–Trinajstić information content (AvgIpc) is 3.16. The van der Waals surface area contributed by atoms with E-state index < -0.39 is 5.97 Å². The molecule has 1 aromatic carbocycles. The van der Waals surface area contributed by atoms with E-state index in [0.717, 1.165) is 24.2 Å². The molecular weight excluding hydrogens is 279 g/mol. The highest BCUT2D eigenvalue weighted by Gasteiger charge is 2.32. The average molecular weight is 292 g/mol. The molecule has 0 atom stereocenters. The number of halogens is 1. The Balaban J connectivity index is 1.97. The molecule has 1 heterocycles. The molecule has 4 nitrogen and oxygen atoms in total. The minimum atomic E-state index is -0.941. The van der Waals surface area contributed by atoms with Crippen LogP contribution >= 0.6 is 11.3 Å². The van der Waals surface area contributed by atoms with Crippen molar-refractivity contribution in [3.63, 3.8) is 0 Å². The van der Waals surface area contributed by atoms with E-state index in [0.29, 0.717) is 21.4 Å². The summed E-state index contributed by atoms with van der Waals surface area (Å²) in [5.74, 6) is -0.998. The van der Waals surface area contributed by atoms with Crippen molar-refractivity contribution in [3.05, 3.63) is 40.7 Å². The van der Waals surface area contributed by atoms with Crippen LogP contribution in [0.2, 0.25) is 0 Å². The van der Waals surface area contributed by atoms with Crippen LogP contribution < -0.4 is 4.90 Å². The summed E-state index contributed by atoms with van der Waals surface area (Å²) >= 11 is 1.14. The summed E-state index contributed by atoms with van der Waals surface area (Å²) in [7, 11) is 1.76. The summed E-state index contributed by atoms with van der Waals surface area (Å²) in [4.78, 5) is 17.7. The van der Waals surface area contributed by atoms with Gasteiger partial charge in [-0.3, -0.25) is 0 Å². The topological polar surface area (TPSA) is 53.4 Å². The van der Waals surface area contributed by atoms with Gasteiger partial charge in [0.15, 0.2) is 5.13 Å². The highest BCUT2D eigenvalue weighted by Crippen LogP contribution is 2.44. The van der Waals surface area contributed by atoms with Crippen molar-refractivity contribution in [1.29, 1.82) is 0 Å². The third kappa shape index (κ3) is 2.38. The first-order valence-corrected chi connectivity index (χ1v) is 7.11. The molecule has 1 saturated carbocycles. The second kappa shape index (κ2) is 4.86. The molecule has 0 saturated heterocycles. The van der Waals surface area contributed by atoms with Crippen molar-refractivity contribution in [1.82, 2.24) is 4.98 Å². The second-order valence-corrected chi connectivity index (χ2v) is 5.81. The molecule has 1 aliphatic rings. The summed E-state index contributed by atoms with van der Waals surface area (Å²) in [6, 6.07) is 6.16. The van der Waals surface area contributed by atoms with Crippen molar-refractivity contribution >= 4 is 28.1 Å². The van der Waals surface area contributed by atoms with Gasteiger partial charge in [-0.25, -0.2) is 14.2 Å². The van der Waals surface area contributed by atoms with Gasteiger partial charge in [-0.1, -0.05) is 17.4 Å². The van der Waals surface area contributed by atoms with E-state index in [9.17, 15) is 14.3 Å². The van der Waals surface area contributed by atoms with Gasteiger partial charge in [0.05, 0.1) is 5.69 Å². The number of aromatic carboxylic acids is 1. The van der Waals surface area contributed by atoms with E-state index in [-0.39, 0.29) is 11.7 Å². The third-order valence-electron chi connectivity index (χ3n) is 3.28. The monoisotopic (exact) mass is 292 g/mol. The predicted octanol–water partition coefficient (Wildman–Crippen LogP) is 3.63. The lowest BCUT2D eigenvalue weighted by Gasteiger charge is -2.15. The number of carbonyl (C=O) groups is 1. The fraction of sp³-hybridized carbons (Fsp3) is 0.286. The van der Waals surface area contributed by atoms with Crippen LogP contribution in [0.5, 0.6) is 0 Å². The Morgan fingerprint density at radius 1 is 1.50 bits per heavy atom. The molecule has 0 spiro atoms. The molecule has 2 aromatic rings. The van der Waals surface area contributed by atoms with E-state index in [4.69, 9.17) is 0 Å². The largest absolute Gasteiger partial charge is 0.477 e. The van der Waals surface area contributed by atoms with E-state index >= 15 is 0 Å². The molecule has 3 rings (SSSR count). The number of benzene rings is 1. The van der Waals surface area contributed by atoms with Gasteiger partial charge in [0.2, 0.25) is 0 Å². The van der Waals surface area contributed by atoms with Crippen molar-refractivity contribution < 1.29 is 14.3 Å². The van der Waals surface area contributed by atoms with Gasteiger partial charge in [-0.15, -0.1) is 0 Å². The summed E-state index contributed by atoms with van der Waals surface area (Å²) in [5, 5.41) is 9.82. The lowest BCUT2D eigenvalue weighted by atomic mass is 10.2. The molecular formula is C14H13FN2O2S. The van der Waals surface area contributed by atoms with Crippen LogP contribution in [0.15, 0.2) is 24.3 Å². The zero-order chi connectivity index (χ0) is 14.3. The van der Waals surface area contributed by atoms with Crippen LogP contribution in [0.25, 0.3) is 0 Å². The van der Waals surface area contributed by atoms with Gasteiger partial charge < -0.3 is 10.0 Å². The molecule has 0 unspecified atom stereocenters. The standard InChI is InChI=1S/C14H13FN2O2S/c1-17(10-4-2-3-9(15)7-10)14-16-11(8-5-6-8)12(20-14)13(18)19/h2-4,7-8H,5-6H2,1H3,(H,18,19). The van der Waals surface area contributed by atoms with E-state index in [1.54, 1.807) is 24.1 Å². The molecule has 0 radical (unpaired) electrons. The summed E-state index contributed by atoms with van der Waals surface area (Å²) < 4.78 is 13.3. The fourth-order valence-electron chi connectivity index (χ4n) is 2.05. The number of rotatable bonds is 4. The van der Waals surface area contributed by atoms with Gasteiger partial charge in [-0.2, -0.15) is 0 Å². The lowest BCUT2D eigenvalue weighted by molar-refractivity contribution is 0.0700. The number of anilines is 2. The lowest BCUT2D eigenvalue weighted by Crippen LogP contribution is -2.09. The van der Waals surface area contributed by atoms with Gasteiger partial charge >= 0.3 is 5.97 Å². The van der Waals surface area contributed by atoms with Crippen molar-refractivity contribution in [2.45, 2.75) is 18.8 Å². The Kier molecular flexibility index (Phi) is 3.17. The van der Waals surface area contributed by atoms with Gasteiger partial charge in [0.1, 0.15) is 10.7 Å². The minimum absolute atomic E-state index is 0.270. The molecule has 1 N–H and O–H groups in total. The number of aromatic nitrogens is 1. The minimum Gasteiger partial charge on any atom is -0.477 e. The Labute approximate surface area is 119 Å². The molecule has 6 heteroatoms. The van der Waals surface area contributed by atoms with E-state index in [1.807, 2.05) is 0 Å². The molecule has 1 fully saturated rings. The maximum Gasteiger partial charge on any atom is 0.347 e. The van der Waals surface area contributed by atoms with Crippen LogP contribution in [0.3, 0.4) is 0 Å². The van der Waals surface area contributed by atoms with Gasteiger partial charge in [0, 0.05) is 18.7 Å². The van der Waals surface area contributed by atoms with Crippen LogP contribution in [0, 0.1) is 5.82 Å². The fourth-order valence-corrected chi connectivity index (χ4v) is 3.02. The van der Waals surface area contributed by atoms with Crippen LogP contribution in [-0.2, 0) is 0 Å². The smallest absolute Gasteiger partial charge is 0.347 e. The molecule has 104 valence electrons. The number of thiazole rings is 1. The number of hydrogen-bond acceptors (Lipinski definition) is 4. The van der Waals surface area contributed by atoms with Crippen molar-refractivity contribution in [2.24, 2.45) is 0 Å². The highest BCUT2D eigenvalue weighted by molar-refractivity contribution is 7.17. The molecule has 0 amide bonds. The first kappa shape index (κ1) is 13.1. The van der Waals surface area contributed by atoms with Crippen molar-refractivity contribution in [2.75, 3.05) is 11.9 Å². The number of nitrogens with zero attached hydrogens (tertiary/aromatic N) is 2. The zero-order valence-corrected chi connectivity index (χ0v) is 11.7. The number of carboxylic acids is 1. The van der Waals surface area contributed by atoms with Crippen LogP contribution in [0.1, 0.15) is 34.1 Å². The Morgan fingerprint density at radius 2 is 2.25 bits per heavy atom. The SMILES string of the molecule is CN(c1cccc(F)c1)c1nc(C2CC2)c(C(=O)O)s1. The summed E-state index contributed by atoms with van der Waals surface area (Å²) in [5.41, 5.74) is 1.32. The Bertz CT molecular complexity index is 667. The summed E-state index contributed by atoms with van der Waals surface area (Å²) in [6.07, 6.45) is 1.99. The number of hydrogen-bond donors (Lipinski definition) is 1. The van der Waals surface area contributed by atoms with E-state index in [2.05, 4.69) is 4.98 Å². The maximum absolute atomic E-state index is 13.3. The Morgan fingerprint density at radius 3 is 2.85 bits per heavy atom. The summed E-state index contributed by atoms with van der Waals surface area (Å²) in [6.45, 7) is 0. The van der Waals surface area contributed by atoms with Gasteiger partial charge in [-0.05, 0) is 31.0 Å². The first-order chi connectivity index (χ1) is 9.56. The predicted molar refractivity (Wildman–Crippen MR) is 75.5 cm³/mol. The van der Waals surface area contributed by atoms with Crippen LogP contribution in [-0.4, -0.2) is 23.1 Å². The Hall–Kier alpha value is -1.95. The van der Waals surface area contributed by atoms with Gasteiger partial charge in [0.25, 0.3) is 0 Å². The molecule has 20 heavy (non-hydrogen) atoms. The second-order valence-electron chi connectivity index (χ2n) is 4.83. The van der Waals surface area contributed by atoms with Crippen LogP contribution in [0.4, 0.5) is 15.2 Å². The van der Waals surface area contributed by atoms with E-state index in [1.165, 1.54) is 12.1 Å². The molecule has 0 bridgehead atoms. The van der Waals surface area contributed by atoms with Crippen molar-refractivity contribution in [3.8, 4) is 0 Å². The highest BCUT2D eigenvalue weighted by atomic mass is 32.1. The number of carboxylic acid groups (broad SMARTS) is 1. The third-order valence-corrected chi connectivity index (χ3v) is 4.42. The molecule has 1 aromatic heterocycles.